The predicted octanol–water partition coefficient (Wildman–Crippen LogP) is 3.94. The summed E-state index contributed by atoms with van der Waals surface area (Å²) < 4.78 is 7.27. The zero-order valence-electron chi connectivity index (χ0n) is 12.7. The van der Waals surface area contributed by atoms with Crippen molar-refractivity contribution in [3.05, 3.63) is 68.7 Å². The predicted molar refractivity (Wildman–Crippen MR) is 102 cm³/mol. The van der Waals surface area contributed by atoms with Gasteiger partial charge in [-0.2, -0.15) is 9.78 Å². The van der Waals surface area contributed by atoms with Crippen LogP contribution in [0, 0.1) is 0 Å². The number of fused-ring (bicyclic) bond motifs is 1. The third-order valence-corrected chi connectivity index (χ3v) is 4.43. The number of hydrogen-bond donors (Lipinski definition) is 0. The molecule has 0 atom stereocenters. The van der Waals surface area contributed by atoms with E-state index >= 15 is 0 Å². The first kappa shape index (κ1) is 16.9. The van der Waals surface area contributed by atoms with Gasteiger partial charge in [0.05, 0.1) is 29.6 Å². The van der Waals surface area contributed by atoms with Crippen molar-refractivity contribution >= 4 is 49.0 Å². The Morgan fingerprint density at radius 3 is 2.67 bits per heavy atom. The molecule has 0 radical (unpaired) electrons. The van der Waals surface area contributed by atoms with E-state index < -0.39 is 0 Å². The second kappa shape index (κ2) is 7.27. The average molecular weight is 451 g/mol. The van der Waals surface area contributed by atoms with Crippen LogP contribution in [0.25, 0.3) is 10.9 Å². The van der Waals surface area contributed by atoms with Gasteiger partial charge >= 0.3 is 0 Å². The highest BCUT2D eigenvalue weighted by atomic mass is 79.9. The Morgan fingerprint density at radius 2 is 2.00 bits per heavy atom. The van der Waals surface area contributed by atoms with Crippen molar-refractivity contribution in [2.45, 2.75) is 5.33 Å². The summed E-state index contributed by atoms with van der Waals surface area (Å²) in [6.07, 6.45) is 1.62. The van der Waals surface area contributed by atoms with Gasteiger partial charge < -0.3 is 4.74 Å². The third kappa shape index (κ3) is 3.42. The lowest BCUT2D eigenvalue weighted by molar-refractivity contribution is 0.415. The molecule has 7 heteroatoms. The molecule has 0 aliphatic heterocycles. The molecule has 0 aliphatic rings. The molecule has 0 saturated heterocycles. The van der Waals surface area contributed by atoms with Crippen LogP contribution in [0.4, 0.5) is 0 Å². The Kier molecular flexibility index (Phi) is 5.11. The number of benzene rings is 2. The van der Waals surface area contributed by atoms with Crippen molar-refractivity contribution in [1.29, 1.82) is 0 Å². The summed E-state index contributed by atoms with van der Waals surface area (Å²) >= 11 is 6.75. The number of methoxy groups -OCH3 is 1. The van der Waals surface area contributed by atoms with Gasteiger partial charge in [-0.05, 0) is 48.0 Å². The van der Waals surface area contributed by atoms with E-state index in [1.54, 1.807) is 19.4 Å². The van der Waals surface area contributed by atoms with Gasteiger partial charge in [0, 0.05) is 4.47 Å². The van der Waals surface area contributed by atoms with E-state index in [0.717, 1.165) is 15.8 Å². The standard InChI is InChI=1S/C17H13Br2N3O2/c1-24-13-5-2-11(3-6-13)10-20-22-16(9-18)21-15-7-4-12(19)8-14(15)17(22)23/h2-8,10H,9H2,1H3/b20-10+. The fourth-order valence-corrected chi connectivity index (χ4v) is 2.94. The Balaban J connectivity index is 2.08. The normalized spacial score (nSPS) is 11.3. The number of rotatable bonds is 4. The van der Waals surface area contributed by atoms with Gasteiger partial charge in [-0.15, -0.1) is 0 Å². The quantitative estimate of drug-likeness (QED) is 0.446. The van der Waals surface area contributed by atoms with E-state index in [2.05, 4.69) is 41.9 Å². The number of ether oxygens (including phenoxy) is 1. The molecule has 24 heavy (non-hydrogen) atoms. The van der Waals surface area contributed by atoms with Crippen LogP contribution < -0.4 is 10.3 Å². The van der Waals surface area contributed by atoms with Crippen molar-refractivity contribution < 1.29 is 4.74 Å². The van der Waals surface area contributed by atoms with Crippen LogP contribution in [0.15, 0.2) is 56.8 Å². The van der Waals surface area contributed by atoms with Crippen molar-refractivity contribution in [3.63, 3.8) is 0 Å². The zero-order valence-corrected chi connectivity index (χ0v) is 15.9. The molecule has 0 saturated carbocycles. The van der Waals surface area contributed by atoms with Crippen LogP contribution in [0.1, 0.15) is 11.4 Å². The van der Waals surface area contributed by atoms with Gasteiger partial charge in [0.2, 0.25) is 0 Å². The topological polar surface area (TPSA) is 56.5 Å². The molecule has 3 rings (SSSR count). The first-order valence-electron chi connectivity index (χ1n) is 7.08. The summed E-state index contributed by atoms with van der Waals surface area (Å²) in [7, 11) is 1.61. The van der Waals surface area contributed by atoms with Crippen LogP contribution in [0.3, 0.4) is 0 Å². The Labute approximate surface area is 155 Å². The summed E-state index contributed by atoms with van der Waals surface area (Å²) in [4.78, 5) is 17.2. The molecule has 0 aliphatic carbocycles. The molecule has 3 aromatic rings. The number of alkyl halides is 1. The molecule has 5 nitrogen and oxygen atoms in total. The molecule has 0 fully saturated rings. The molecule has 0 bridgehead atoms. The lowest BCUT2D eigenvalue weighted by Crippen LogP contribution is -2.21. The van der Waals surface area contributed by atoms with Gasteiger partial charge in [-0.1, -0.05) is 31.9 Å². The van der Waals surface area contributed by atoms with E-state index in [0.29, 0.717) is 22.1 Å². The fraction of sp³-hybridized carbons (Fsp3) is 0.118. The van der Waals surface area contributed by atoms with Crippen LogP contribution in [-0.2, 0) is 5.33 Å². The smallest absolute Gasteiger partial charge is 0.282 e. The monoisotopic (exact) mass is 449 g/mol. The lowest BCUT2D eigenvalue weighted by Gasteiger charge is -2.07. The largest absolute Gasteiger partial charge is 0.497 e. The number of hydrogen-bond acceptors (Lipinski definition) is 4. The van der Waals surface area contributed by atoms with Gasteiger partial charge in [0.15, 0.2) is 0 Å². The second-order valence-electron chi connectivity index (χ2n) is 4.96. The first-order valence-corrected chi connectivity index (χ1v) is 8.99. The van der Waals surface area contributed by atoms with Gasteiger partial charge in [0.1, 0.15) is 11.6 Å². The summed E-state index contributed by atoms with van der Waals surface area (Å²) in [5.74, 6) is 1.31. The first-order chi connectivity index (χ1) is 11.6. The minimum Gasteiger partial charge on any atom is -0.497 e. The van der Waals surface area contributed by atoms with Crippen molar-refractivity contribution in [2.24, 2.45) is 5.10 Å². The highest BCUT2D eigenvalue weighted by molar-refractivity contribution is 9.10. The van der Waals surface area contributed by atoms with Crippen LogP contribution in [0.2, 0.25) is 0 Å². The second-order valence-corrected chi connectivity index (χ2v) is 6.43. The number of aromatic nitrogens is 2. The minimum absolute atomic E-state index is 0.208. The Hall–Kier alpha value is -1.99. The minimum atomic E-state index is -0.208. The number of halogens is 2. The summed E-state index contributed by atoms with van der Waals surface area (Å²) in [5.41, 5.74) is 1.30. The maximum absolute atomic E-state index is 12.7. The van der Waals surface area contributed by atoms with E-state index in [1.807, 2.05) is 36.4 Å². The average Bonchev–Trinajstić information content (AvgIpc) is 2.61. The van der Waals surface area contributed by atoms with Crippen molar-refractivity contribution in [2.75, 3.05) is 7.11 Å². The van der Waals surface area contributed by atoms with E-state index in [4.69, 9.17) is 4.74 Å². The lowest BCUT2D eigenvalue weighted by atomic mass is 10.2. The Morgan fingerprint density at radius 1 is 1.25 bits per heavy atom. The van der Waals surface area contributed by atoms with Crippen LogP contribution >= 0.6 is 31.9 Å². The van der Waals surface area contributed by atoms with Crippen molar-refractivity contribution in [3.8, 4) is 5.75 Å². The third-order valence-electron chi connectivity index (χ3n) is 3.43. The van der Waals surface area contributed by atoms with Gasteiger partial charge in [0.25, 0.3) is 5.56 Å². The highest BCUT2D eigenvalue weighted by Crippen LogP contribution is 2.17. The maximum atomic E-state index is 12.7. The van der Waals surface area contributed by atoms with Gasteiger partial charge in [-0.25, -0.2) is 4.98 Å². The SMILES string of the molecule is COc1ccc(/C=N/n2c(CBr)nc3ccc(Br)cc3c2=O)cc1. The van der Waals surface area contributed by atoms with E-state index in [9.17, 15) is 4.79 Å². The molecule has 122 valence electrons. The molecule has 0 amide bonds. The molecular weight excluding hydrogens is 438 g/mol. The van der Waals surface area contributed by atoms with Crippen molar-refractivity contribution in [1.82, 2.24) is 9.66 Å². The molecule has 1 heterocycles. The maximum Gasteiger partial charge on any atom is 0.282 e. The molecule has 2 aromatic carbocycles. The van der Waals surface area contributed by atoms with E-state index in [-0.39, 0.29) is 5.56 Å². The summed E-state index contributed by atoms with van der Waals surface area (Å²) in [5, 5.41) is 5.25. The molecule has 0 unspecified atom stereocenters. The van der Waals surface area contributed by atoms with Crippen LogP contribution in [0.5, 0.6) is 5.75 Å². The zero-order chi connectivity index (χ0) is 17.1. The molecular formula is C17H13Br2N3O2. The molecule has 1 aromatic heterocycles. The molecule has 0 N–H and O–H groups in total. The summed E-state index contributed by atoms with van der Waals surface area (Å²) in [6.45, 7) is 0. The van der Waals surface area contributed by atoms with E-state index in [1.165, 1.54) is 4.68 Å². The highest BCUT2D eigenvalue weighted by Gasteiger charge is 2.10. The Bertz CT molecular complexity index is 966. The van der Waals surface area contributed by atoms with Gasteiger partial charge in [-0.3, -0.25) is 4.79 Å². The van der Waals surface area contributed by atoms with Crippen LogP contribution in [-0.4, -0.2) is 23.0 Å². The number of nitrogens with zero attached hydrogens (tertiary/aromatic N) is 3. The fourth-order valence-electron chi connectivity index (χ4n) is 2.21. The summed E-state index contributed by atoms with van der Waals surface area (Å²) in [6, 6.07) is 12.8. The molecule has 0 spiro atoms.